The van der Waals surface area contributed by atoms with Gasteiger partial charge in [-0.3, -0.25) is 4.79 Å². The van der Waals surface area contributed by atoms with Crippen molar-refractivity contribution >= 4 is 17.2 Å². The smallest absolute Gasteiger partial charge is 0.260 e. The molecule has 3 aromatic heterocycles. The summed E-state index contributed by atoms with van der Waals surface area (Å²) in [5, 5.41) is 11.1. The Hall–Kier alpha value is -3.48. The first-order valence-corrected chi connectivity index (χ1v) is 7.26. The van der Waals surface area contributed by atoms with Crippen molar-refractivity contribution in [1.82, 2.24) is 19.4 Å². The summed E-state index contributed by atoms with van der Waals surface area (Å²) in [6, 6.07) is 13.1. The van der Waals surface area contributed by atoms with Gasteiger partial charge in [0.25, 0.3) is 5.91 Å². The van der Waals surface area contributed by atoms with Crippen molar-refractivity contribution in [2.75, 3.05) is 5.32 Å². The van der Waals surface area contributed by atoms with Crippen molar-refractivity contribution < 1.29 is 9.18 Å². The van der Waals surface area contributed by atoms with Gasteiger partial charge in [-0.2, -0.15) is 10.2 Å². The predicted octanol–water partition coefficient (Wildman–Crippen LogP) is 2.91. The first-order valence-electron chi connectivity index (χ1n) is 7.26. The third kappa shape index (κ3) is 2.41. The lowest BCUT2D eigenvalue weighted by molar-refractivity contribution is 0.102. The molecule has 24 heavy (non-hydrogen) atoms. The van der Waals surface area contributed by atoms with Gasteiger partial charge in [0.15, 0.2) is 0 Å². The molecule has 0 saturated heterocycles. The van der Waals surface area contributed by atoms with E-state index < -0.39 is 0 Å². The fourth-order valence-electron chi connectivity index (χ4n) is 2.50. The second-order valence-electron chi connectivity index (χ2n) is 5.15. The van der Waals surface area contributed by atoms with Gasteiger partial charge in [-0.05, 0) is 30.3 Å². The van der Waals surface area contributed by atoms with Gasteiger partial charge in [0.1, 0.15) is 11.6 Å². The quantitative estimate of drug-likeness (QED) is 0.631. The average Bonchev–Trinajstić information content (AvgIpc) is 3.21. The molecule has 1 aromatic carbocycles. The SMILES string of the molecule is O=C(Nc1ccnn1-c1cccc(F)c1)c1cnn2ccccc12. The highest BCUT2D eigenvalue weighted by Gasteiger charge is 2.15. The molecular weight excluding hydrogens is 309 g/mol. The van der Waals surface area contributed by atoms with Crippen molar-refractivity contribution in [1.29, 1.82) is 0 Å². The summed E-state index contributed by atoms with van der Waals surface area (Å²) in [5.41, 5.74) is 1.67. The Bertz CT molecular complexity index is 1040. The summed E-state index contributed by atoms with van der Waals surface area (Å²) < 4.78 is 16.5. The number of carbonyl (C=O) groups excluding carboxylic acids is 1. The van der Waals surface area contributed by atoms with Crippen LogP contribution in [0.4, 0.5) is 10.2 Å². The number of aromatic nitrogens is 4. The number of nitrogens with one attached hydrogen (secondary N) is 1. The Labute approximate surface area is 136 Å². The summed E-state index contributed by atoms with van der Waals surface area (Å²) in [5.74, 6) is -0.238. The van der Waals surface area contributed by atoms with Crippen LogP contribution >= 0.6 is 0 Å². The number of rotatable bonds is 3. The minimum atomic E-state index is -0.372. The van der Waals surface area contributed by atoms with Crippen LogP contribution in [0.25, 0.3) is 11.2 Å². The van der Waals surface area contributed by atoms with E-state index in [0.29, 0.717) is 22.6 Å². The molecule has 1 amide bonds. The predicted molar refractivity (Wildman–Crippen MR) is 86.7 cm³/mol. The average molecular weight is 321 g/mol. The van der Waals surface area contributed by atoms with Crippen LogP contribution in [0.2, 0.25) is 0 Å². The van der Waals surface area contributed by atoms with Gasteiger partial charge < -0.3 is 5.32 Å². The van der Waals surface area contributed by atoms with Crippen LogP contribution in [0.3, 0.4) is 0 Å². The van der Waals surface area contributed by atoms with Gasteiger partial charge in [0, 0.05) is 12.3 Å². The molecule has 1 N–H and O–H groups in total. The number of pyridine rings is 1. The van der Waals surface area contributed by atoms with Gasteiger partial charge >= 0.3 is 0 Å². The van der Waals surface area contributed by atoms with Crippen LogP contribution in [0.15, 0.2) is 67.1 Å². The van der Waals surface area contributed by atoms with E-state index in [1.54, 1.807) is 28.9 Å². The third-order valence-electron chi connectivity index (χ3n) is 3.61. The minimum Gasteiger partial charge on any atom is -0.306 e. The van der Waals surface area contributed by atoms with Crippen molar-refractivity contribution in [3.63, 3.8) is 0 Å². The van der Waals surface area contributed by atoms with Gasteiger partial charge in [0.2, 0.25) is 0 Å². The molecule has 0 fully saturated rings. The molecule has 0 aliphatic rings. The van der Waals surface area contributed by atoms with Crippen molar-refractivity contribution in [3.8, 4) is 5.69 Å². The number of fused-ring (bicyclic) bond motifs is 1. The second kappa shape index (κ2) is 5.62. The Balaban J connectivity index is 1.67. The molecule has 4 rings (SSSR count). The van der Waals surface area contributed by atoms with Crippen LogP contribution < -0.4 is 5.32 Å². The number of hydrogen-bond acceptors (Lipinski definition) is 3. The lowest BCUT2D eigenvalue weighted by Crippen LogP contribution is -2.15. The maximum absolute atomic E-state index is 13.4. The number of carbonyl (C=O) groups is 1. The number of benzene rings is 1. The van der Waals surface area contributed by atoms with E-state index in [9.17, 15) is 9.18 Å². The highest BCUT2D eigenvalue weighted by Crippen LogP contribution is 2.18. The number of halogens is 1. The Morgan fingerprint density at radius 3 is 2.88 bits per heavy atom. The number of nitrogens with zero attached hydrogens (tertiary/aromatic N) is 4. The van der Waals surface area contributed by atoms with Crippen LogP contribution in [0, 0.1) is 5.82 Å². The maximum Gasteiger partial charge on any atom is 0.260 e. The van der Waals surface area contributed by atoms with Crippen molar-refractivity contribution in [2.45, 2.75) is 0 Å². The maximum atomic E-state index is 13.4. The van der Waals surface area contributed by atoms with E-state index >= 15 is 0 Å². The van der Waals surface area contributed by atoms with E-state index in [2.05, 4.69) is 15.5 Å². The number of hydrogen-bond donors (Lipinski definition) is 1. The van der Waals surface area contributed by atoms with Crippen LogP contribution in [0.5, 0.6) is 0 Å². The molecule has 0 aliphatic carbocycles. The summed E-state index contributed by atoms with van der Waals surface area (Å²) in [4.78, 5) is 12.6. The molecule has 0 atom stereocenters. The van der Waals surface area contributed by atoms with E-state index in [1.165, 1.54) is 29.2 Å². The lowest BCUT2D eigenvalue weighted by atomic mass is 10.2. The van der Waals surface area contributed by atoms with Gasteiger partial charge in [-0.25, -0.2) is 13.6 Å². The molecule has 0 aliphatic heterocycles. The summed E-state index contributed by atoms with van der Waals surface area (Å²) in [6.45, 7) is 0. The molecule has 0 spiro atoms. The number of amides is 1. The standard InChI is InChI=1S/C17H12FN5O/c18-12-4-3-5-13(10-12)23-16(7-8-19-23)21-17(24)14-11-20-22-9-2-1-6-15(14)22/h1-11H,(H,21,24). The van der Waals surface area contributed by atoms with E-state index in [-0.39, 0.29) is 11.7 Å². The van der Waals surface area contributed by atoms with Gasteiger partial charge in [0.05, 0.1) is 29.2 Å². The molecule has 0 radical (unpaired) electrons. The Kier molecular flexibility index (Phi) is 3.31. The highest BCUT2D eigenvalue weighted by atomic mass is 19.1. The van der Waals surface area contributed by atoms with Crippen LogP contribution in [-0.4, -0.2) is 25.3 Å². The minimum absolute atomic E-state index is 0.311. The molecule has 118 valence electrons. The topological polar surface area (TPSA) is 64.2 Å². The molecule has 0 unspecified atom stereocenters. The monoisotopic (exact) mass is 321 g/mol. The van der Waals surface area contributed by atoms with Crippen molar-refractivity contribution in [2.24, 2.45) is 0 Å². The zero-order valence-electron chi connectivity index (χ0n) is 12.4. The zero-order chi connectivity index (χ0) is 16.5. The van der Waals surface area contributed by atoms with E-state index in [0.717, 1.165) is 0 Å². The van der Waals surface area contributed by atoms with Crippen LogP contribution in [-0.2, 0) is 0 Å². The zero-order valence-corrected chi connectivity index (χ0v) is 12.4. The number of anilines is 1. The molecule has 7 heteroatoms. The third-order valence-corrected chi connectivity index (χ3v) is 3.61. The molecular formula is C17H12FN5O. The van der Waals surface area contributed by atoms with Gasteiger partial charge in [-0.1, -0.05) is 12.1 Å². The Morgan fingerprint density at radius 2 is 2.00 bits per heavy atom. The molecule has 3 heterocycles. The molecule has 6 nitrogen and oxygen atoms in total. The summed E-state index contributed by atoms with van der Waals surface area (Å²) >= 11 is 0. The Morgan fingerprint density at radius 1 is 1.08 bits per heavy atom. The second-order valence-corrected chi connectivity index (χ2v) is 5.15. The van der Waals surface area contributed by atoms with Crippen LogP contribution in [0.1, 0.15) is 10.4 Å². The largest absolute Gasteiger partial charge is 0.306 e. The van der Waals surface area contributed by atoms with E-state index in [4.69, 9.17) is 0 Å². The lowest BCUT2D eigenvalue weighted by Gasteiger charge is -2.08. The molecule has 4 aromatic rings. The summed E-state index contributed by atoms with van der Waals surface area (Å²) in [6.07, 6.45) is 4.81. The molecule has 0 saturated carbocycles. The van der Waals surface area contributed by atoms with Crippen molar-refractivity contribution in [3.05, 3.63) is 78.5 Å². The highest BCUT2D eigenvalue weighted by molar-refractivity contribution is 6.08. The normalized spacial score (nSPS) is 10.9. The summed E-state index contributed by atoms with van der Waals surface area (Å²) in [7, 11) is 0. The van der Waals surface area contributed by atoms with Gasteiger partial charge in [-0.15, -0.1) is 0 Å². The van der Waals surface area contributed by atoms with E-state index in [1.807, 2.05) is 18.2 Å². The first-order chi connectivity index (χ1) is 11.7. The first kappa shape index (κ1) is 14.1. The fourth-order valence-corrected chi connectivity index (χ4v) is 2.50. The fraction of sp³-hybridized carbons (Fsp3) is 0. The molecule has 0 bridgehead atoms.